The van der Waals surface area contributed by atoms with Gasteiger partial charge in [0.2, 0.25) is 0 Å². The Balaban J connectivity index is 2.13. The Morgan fingerprint density at radius 1 is 1.26 bits per heavy atom. The van der Waals surface area contributed by atoms with Crippen molar-refractivity contribution in [1.29, 1.82) is 0 Å². The molecule has 0 aliphatic heterocycles. The molecular weight excluding hydrogens is 240 g/mol. The van der Waals surface area contributed by atoms with Gasteiger partial charge in [0.15, 0.2) is 0 Å². The third kappa shape index (κ3) is 3.47. The van der Waals surface area contributed by atoms with E-state index in [2.05, 4.69) is 6.92 Å². The summed E-state index contributed by atoms with van der Waals surface area (Å²) in [6.07, 6.45) is 4.43. The molecule has 0 radical (unpaired) electrons. The highest BCUT2D eigenvalue weighted by atomic mass is 16.5. The van der Waals surface area contributed by atoms with Gasteiger partial charge in [-0.25, -0.2) is 0 Å². The van der Waals surface area contributed by atoms with Crippen LogP contribution in [0.25, 0.3) is 0 Å². The van der Waals surface area contributed by atoms with Crippen molar-refractivity contribution in [2.45, 2.75) is 32.3 Å². The first kappa shape index (κ1) is 13.4. The van der Waals surface area contributed by atoms with E-state index >= 15 is 0 Å². The Hall–Kier alpha value is -2.03. The van der Waals surface area contributed by atoms with Crippen LogP contribution in [0.1, 0.15) is 37.0 Å². The van der Waals surface area contributed by atoms with Crippen molar-refractivity contribution in [3.63, 3.8) is 0 Å². The molecule has 1 aromatic carbocycles. The van der Waals surface area contributed by atoms with E-state index in [4.69, 9.17) is 9.15 Å². The van der Waals surface area contributed by atoms with Crippen molar-refractivity contribution in [2.75, 3.05) is 0 Å². The van der Waals surface area contributed by atoms with Crippen LogP contribution in [0.15, 0.2) is 47.1 Å². The van der Waals surface area contributed by atoms with Gasteiger partial charge in [-0.1, -0.05) is 31.5 Å². The summed E-state index contributed by atoms with van der Waals surface area (Å²) in [6.45, 7) is 2.45. The minimum atomic E-state index is -0.0993. The lowest BCUT2D eigenvalue weighted by atomic mass is 9.95. The van der Waals surface area contributed by atoms with Gasteiger partial charge in [-0.15, -0.1) is 0 Å². The molecule has 0 aliphatic carbocycles. The monoisotopic (exact) mass is 258 g/mol. The molecule has 1 atom stereocenters. The van der Waals surface area contributed by atoms with Gasteiger partial charge in [0, 0.05) is 11.5 Å². The number of hydrogen-bond acceptors (Lipinski definition) is 3. The normalized spacial score (nSPS) is 12.1. The molecule has 1 heterocycles. The van der Waals surface area contributed by atoms with Crippen molar-refractivity contribution < 1.29 is 13.9 Å². The van der Waals surface area contributed by atoms with Crippen molar-refractivity contribution in [3.8, 4) is 5.75 Å². The highest BCUT2D eigenvalue weighted by Gasteiger charge is 2.14. The summed E-state index contributed by atoms with van der Waals surface area (Å²) in [5.74, 6) is 1.43. The van der Waals surface area contributed by atoms with E-state index in [1.165, 1.54) is 0 Å². The average Bonchev–Trinajstić information content (AvgIpc) is 2.96. The molecule has 0 N–H and O–H groups in total. The molecule has 0 bridgehead atoms. The van der Waals surface area contributed by atoms with Gasteiger partial charge in [0.1, 0.15) is 24.4 Å². The molecule has 0 amide bonds. The van der Waals surface area contributed by atoms with Gasteiger partial charge in [0.05, 0.1) is 6.26 Å². The van der Waals surface area contributed by atoms with E-state index in [0.717, 1.165) is 36.2 Å². The maximum atomic E-state index is 11.2. The third-order valence-corrected chi connectivity index (χ3v) is 3.03. The van der Waals surface area contributed by atoms with E-state index in [1.54, 1.807) is 6.26 Å². The van der Waals surface area contributed by atoms with Crippen molar-refractivity contribution >= 4 is 6.29 Å². The third-order valence-electron chi connectivity index (χ3n) is 3.03. The molecule has 3 nitrogen and oxygen atoms in total. The number of carbonyl (C=O) groups is 1. The van der Waals surface area contributed by atoms with Crippen molar-refractivity contribution in [1.82, 2.24) is 0 Å². The molecule has 100 valence electrons. The number of aldehydes is 1. The van der Waals surface area contributed by atoms with E-state index < -0.39 is 0 Å². The number of ether oxygens (including phenoxy) is 1. The number of hydrogen-bond donors (Lipinski definition) is 0. The molecule has 19 heavy (non-hydrogen) atoms. The summed E-state index contributed by atoms with van der Waals surface area (Å²) in [4.78, 5) is 11.2. The lowest BCUT2D eigenvalue weighted by molar-refractivity contribution is -0.109. The lowest BCUT2D eigenvalue weighted by Gasteiger charge is -2.15. The fourth-order valence-electron chi connectivity index (χ4n) is 2.07. The van der Waals surface area contributed by atoms with Crippen molar-refractivity contribution in [3.05, 3.63) is 54.0 Å². The average molecular weight is 258 g/mol. The molecule has 1 unspecified atom stereocenters. The number of para-hydroxylation sites is 1. The van der Waals surface area contributed by atoms with E-state index in [9.17, 15) is 4.79 Å². The van der Waals surface area contributed by atoms with Crippen LogP contribution < -0.4 is 4.74 Å². The number of rotatable bonds is 7. The van der Waals surface area contributed by atoms with Crippen LogP contribution in [0.5, 0.6) is 5.75 Å². The minimum absolute atomic E-state index is 0.0993. The molecule has 0 aliphatic rings. The van der Waals surface area contributed by atoms with Gasteiger partial charge in [0.25, 0.3) is 0 Å². The van der Waals surface area contributed by atoms with Crippen molar-refractivity contribution in [2.24, 2.45) is 0 Å². The number of carbonyl (C=O) groups excluding carboxylic acids is 1. The highest BCUT2D eigenvalue weighted by molar-refractivity contribution is 5.64. The molecule has 2 rings (SSSR count). The smallest absolute Gasteiger partial charge is 0.146 e. The van der Waals surface area contributed by atoms with Crippen LogP contribution in [0.3, 0.4) is 0 Å². The minimum Gasteiger partial charge on any atom is -0.485 e. The molecule has 0 saturated heterocycles. The molecule has 0 fully saturated rings. The molecule has 3 heteroatoms. The topological polar surface area (TPSA) is 39.4 Å². The quantitative estimate of drug-likeness (QED) is 0.706. The lowest BCUT2D eigenvalue weighted by Crippen LogP contribution is -2.04. The first-order chi connectivity index (χ1) is 9.35. The summed E-state index contributed by atoms with van der Waals surface area (Å²) in [7, 11) is 0. The van der Waals surface area contributed by atoms with Crippen LogP contribution in [0.4, 0.5) is 0 Å². The number of benzene rings is 1. The molecular formula is C16H18O3. The largest absolute Gasteiger partial charge is 0.485 e. The molecule has 0 spiro atoms. The summed E-state index contributed by atoms with van der Waals surface area (Å²) in [5, 5.41) is 0. The van der Waals surface area contributed by atoms with Gasteiger partial charge in [-0.05, 0) is 24.6 Å². The molecule has 1 aromatic heterocycles. The summed E-state index contributed by atoms with van der Waals surface area (Å²) >= 11 is 0. The molecule has 2 aromatic rings. The summed E-state index contributed by atoms with van der Waals surface area (Å²) in [5.41, 5.74) is 0.950. The Morgan fingerprint density at radius 2 is 2.11 bits per heavy atom. The Bertz CT molecular complexity index is 502. The van der Waals surface area contributed by atoms with E-state index in [1.807, 2.05) is 36.4 Å². The standard InChI is InChI=1S/C16H18O3/c1-2-6-13(11-17)15-8-3-4-9-16(15)19-12-14-7-5-10-18-14/h3-5,7-11,13H,2,6,12H2,1H3. The predicted octanol–water partition coefficient (Wildman–Crippen LogP) is 3.94. The molecule has 0 saturated carbocycles. The van der Waals surface area contributed by atoms with E-state index in [-0.39, 0.29) is 5.92 Å². The Labute approximate surface area is 113 Å². The van der Waals surface area contributed by atoms with Gasteiger partial charge >= 0.3 is 0 Å². The van der Waals surface area contributed by atoms with Gasteiger partial charge in [-0.2, -0.15) is 0 Å². The fraction of sp³-hybridized carbons (Fsp3) is 0.312. The number of furan rings is 1. The van der Waals surface area contributed by atoms with E-state index in [0.29, 0.717) is 6.61 Å². The summed E-state index contributed by atoms with van der Waals surface area (Å²) < 4.78 is 11.0. The zero-order valence-electron chi connectivity index (χ0n) is 11.0. The second kappa shape index (κ2) is 6.78. The highest BCUT2D eigenvalue weighted by Crippen LogP contribution is 2.29. The first-order valence-electron chi connectivity index (χ1n) is 6.54. The van der Waals surface area contributed by atoms with Gasteiger partial charge < -0.3 is 13.9 Å². The van der Waals surface area contributed by atoms with Crippen LogP contribution in [0, 0.1) is 0 Å². The zero-order valence-corrected chi connectivity index (χ0v) is 11.0. The second-order valence-corrected chi connectivity index (χ2v) is 4.44. The van der Waals surface area contributed by atoms with Crippen LogP contribution in [-0.4, -0.2) is 6.29 Å². The van der Waals surface area contributed by atoms with Crippen LogP contribution in [-0.2, 0) is 11.4 Å². The Morgan fingerprint density at radius 3 is 2.79 bits per heavy atom. The fourth-order valence-corrected chi connectivity index (χ4v) is 2.07. The van der Waals surface area contributed by atoms with Gasteiger partial charge in [-0.3, -0.25) is 0 Å². The zero-order chi connectivity index (χ0) is 13.5. The SMILES string of the molecule is CCCC(C=O)c1ccccc1OCc1ccco1. The second-order valence-electron chi connectivity index (χ2n) is 4.44. The maximum absolute atomic E-state index is 11.2. The predicted molar refractivity (Wildman–Crippen MR) is 73.2 cm³/mol. The maximum Gasteiger partial charge on any atom is 0.146 e. The van der Waals surface area contributed by atoms with Crippen LogP contribution >= 0.6 is 0 Å². The van der Waals surface area contributed by atoms with Crippen LogP contribution in [0.2, 0.25) is 0 Å². The Kier molecular flexibility index (Phi) is 4.78. The summed E-state index contributed by atoms with van der Waals surface area (Å²) in [6, 6.07) is 11.4. The first-order valence-corrected chi connectivity index (χ1v) is 6.54.